The molecular formula is C44H27N5NiO2. The maximum atomic E-state index is 14.4. The quantitative estimate of drug-likeness (QED) is 0.111. The van der Waals surface area contributed by atoms with Crippen LogP contribution in [0, 0.1) is 0 Å². The van der Waals surface area contributed by atoms with Crippen LogP contribution in [0.4, 0.5) is 0 Å². The monoisotopic (exact) mass is 715 g/mol. The van der Waals surface area contributed by atoms with Crippen molar-refractivity contribution in [3.8, 4) is 44.5 Å². The molecule has 9 rings (SSSR count). The largest absolute Gasteiger partial charge is 2.00 e. The van der Waals surface area contributed by atoms with E-state index in [0.717, 1.165) is 44.8 Å². The molecule has 0 amide bonds. The Morgan fingerprint density at radius 2 is 0.788 bits per heavy atom. The van der Waals surface area contributed by atoms with Crippen molar-refractivity contribution in [1.82, 2.24) is 19.9 Å². The van der Waals surface area contributed by atoms with Gasteiger partial charge in [0.1, 0.15) is 11.4 Å². The van der Waals surface area contributed by atoms with Crippen LogP contribution in [0.3, 0.4) is 0 Å². The molecule has 3 aromatic heterocycles. The zero-order valence-electron chi connectivity index (χ0n) is 27.4. The summed E-state index contributed by atoms with van der Waals surface area (Å²) >= 11 is 0. The number of hydrogen-bond acceptors (Lipinski definition) is 5. The number of benzene rings is 4. The van der Waals surface area contributed by atoms with E-state index in [4.69, 9.17) is 19.9 Å². The van der Waals surface area contributed by atoms with E-state index in [0.29, 0.717) is 33.2 Å². The SMILES string of the molecule is O=C1/C(=N\O)c2nc1c(-c1ccccc1)c1ccc([n-]1)c(-c1ccccc1)c1nc(c(-c3ccccc3)c3ccc([n-]3)c2-c2ccccc2)C=C1.[Ni+2]. The van der Waals surface area contributed by atoms with Gasteiger partial charge in [0.2, 0.25) is 5.78 Å². The number of ketones is 1. The maximum absolute atomic E-state index is 14.4. The molecule has 0 fully saturated rings. The first-order chi connectivity index (χ1) is 25.2. The summed E-state index contributed by atoms with van der Waals surface area (Å²) in [4.78, 5) is 35.0. The predicted octanol–water partition coefficient (Wildman–Crippen LogP) is 9.47. The van der Waals surface area contributed by atoms with E-state index in [2.05, 4.69) is 5.16 Å². The number of aromatic nitrogens is 4. The topological polar surface area (TPSA) is 104 Å². The van der Waals surface area contributed by atoms with Crippen molar-refractivity contribution in [1.29, 1.82) is 0 Å². The Kier molecular flexibility index (Phi) is 8.51. The van der Waals surface area contributed by atoms with E-state index >= 15 is 0 Å². The fourth-order valence-corrected chi connectivity index (χ4v) is 6.88. The predicted molar refractivity (Wildman–Crippen MR) is 202 cm³/mol. The third kappa shape index (κ3) is 5.56. The van der Waals surface area contributed by atoms with Crippen molar-refractivity contribution in [3.05, 3.63) is 168 Å². The Bertz CT molecular complexity index is 2700. The second-order valence-corrected chi connectivity index (χ2v) is 12.2. The molecule has 7 nitrogen and oxygen atoms in total. The minimum atomic E-state index is -0.508. The van der Waals surface area contributed by atoms with Gasteiger partial charge in [-0.25, -0.2) is 9.97 Å². The van der Waals surface area contributed by atoms with Gasteiger partial charge in [-0.3, -0.25) is 4.79 Å². The Balaban J connectivity index is 0.00000387. The fourth-order valence-electron chi connectivity index (χ4n) is 6.88. The van der Waals surface area contributed by atoms with Crippen LogP contribution < -0.4 is 9.97 Å². The van der Waals surface area contributed by atoms with Crippen molar-refractivity contribution in [2.75, 3.05) is 0 Å². The van der Waals surface area contributed by atoms with Gasteiger partial charge in [-0.05, 0) is 56.7 Å². The van der Waals surface area contributed by atoms with E-state index in [1.54, 1.807) is 0 Å². The molecule has 0 radical (unpaired) electrons. The fraction of sp³-hybridized carbons (Fsp3) is 0. The van der Waals surface area contributed by atoms with Gasteiger partial charge in [0.25, 0.3) is 0 Å². The average Bonchev–Trinajstić information content (AvgIpc) is 4.01. The van der Waals surface area contributed by atoms with Crippen LogP contribution in [0.5, 0.6) is 0 Å². The summed E-state index contributed by atoms with van der Waals surface area (Å²) in [5.41, 5.74) is 10.4. The first-order valence-corrected chi connectivity index (χ1v) is 16.5. The van der Waals surface area contributed by atoms with E-state index in [9.17, 15) is 10.0 Å². The maximum Gasteiger partial charge on any atom is 2.00 e. The van der Waals surface area contributed by atoms with Crippen molar-refractivity contribution in [2.45, 2.75) is 0 Å². The van der Waals surface area contributed by atoms with Crippen molar-refractivity contribution in [3.63, 3.8) is 0 Å². The Labute approximate surface area is 309 Å². The number of Topliss-reactive ketones (excluding diaryl/α,β-unsaturated/α-hetero) is 1. The molecule has 0 saturated carbocycles. The van der Waals surface area contributed by atoms with Gasteiger partial charge >= 0.3 is 16.5 Å². The zero-order valence-corrected chi connectivity index (χ0v) is 28.4. The van der Waals surface area contributed by atoms with Gasteiger partial charge in [-0.15, -0.1) is 22.1 Å². The third-order valence-electron chi connectivity index (χ3n) is 9.16. The number of nitrogens with zero attached hydrogens (tertiary/aromatic N) is 5. The Morgan fingerprint density at radius 3 is 1.17 bits per heavy atom. The van der Waals surface area contributed by atoms with E-state index < -0.39 is 5.78 Å². The van der Waals surface area contributed by atoms with E-state index in [1.807, 2.05) is 158 Å². The first kappa shape index (κ1) is 32.6. The summed E-state index contributed by atoms with van der Waals surface area (Å²) < 4.78 is 0. The van der Waals surface area contributed by atoms with Crippen molar-refractivity contribution in [2.24, 2.45) is 5.16 Å². The van der Waals surface area contributed by atoms with Crippen LogP contribution in [-0.2, 0) is 16.5 Å². The zero-order chi connectivity index (χ0) is 34.3. The van der Waals surface area contributed by atoms with E-state index in [1.165, 1.54) is 0 Å². The standard InChI is InChI=1S/C44H28N5O2.Ni/c50-44-42-40(30-19-11-4-12-20-30)36-26-24-34(47-36)38(28-15-7-2-8-16-28)32-22-21-31(45-32)37(27-13-5-1-6-14-27)33-23-25-35(46-33)39(29-17-9-3-10-18-29)41(48-42)43(44)49-51;/h1-26H,(H2-,45,46,47,48,49,50,51);/q-1;+2/p-1. The van der Waals surface area contributed by atoms with Crippen molar-refractivity contribution < 1.29 is 26.5 Å². The number of fused-ring (bicyclic) bond motifs is 8. The summed E-state index contributed by atoms with van der Waals surface area (Å²) in [6.07, 6.45) is 4.05. The molecule has 2 aliphatic rings. The normalized spacial score (nSPS) is 12.9. The average molecular weight is 716 g/mol. The molecular weight excluding hydrogens is 689 g/mol. The van der Waals surface area contributed by atoms with Gasteiger partial charge in [-0.1, -0.05) is 151 Å². The molecule has 52 heavy (non-hydrogen) atoms. The molecule has 2 aliphatic heterocycles. The molecule has 5 heterocycles. The minimum absolute atomic E-state index is 0. The van der Waals surface area contributed by atoms with Gasteiger partial charge in [0, 0.05) is 0 Å². The summed E-state index contributed by atoms with van der Waals surface area (Å²) in [7, 11) is 0. The summed E-state index contributed by atoms with van der Waals surface area (Å²) in [6.45, 7) is 0. The van der Waals surface area contributed by atoms with Gasteiger partial charge in [-0.2, -0.15) is 0 Å². The second kappa shape index (κ2) is 13.6. The molecule has 0 saturated heterocycles. The molecule has 0 spiro atoms. The van der Waals surface area contributed by atoms with Gasteiger partial charge in [0.05, 0.1) is 11.4 Å². The van der Waals surface area contributed by atoms with Gasteiger partial charge < -0.3 is 15.2 Å². The van der Waals surface area contributed by atoms with Crippen molar-refractivity contribution >= 4 is 45.7 Å². The number of rotatable bonds is 4. The molecule has 8 heteroatoms. The molecule has 7 aromatic rings. The molecule has 250 valence electrons. The molecule has 0 atom stereocenters. The molecule has 1 N–H and O–H groups in total. The summed E-state index contributed by atoms with van der Waals surface area (Å²) in [6, 6.07) is 47.0. The summed E-state index contributed by atoms with van der Waals surface area (Å²) in [5, 5.41) is 14.0. The molecule has 0 aliphatic carbocycles. The minimum Gasteiger partial charge on any atom is -0.657 e. The Morgan fingerprint density at radius 1 is 0.442 bits per heavy atom. The second-order valence-electron chi connectivity index (χ2n) is 12.2. The van der Waals surface area contributed by atoms with Crippen LogP contribution in [0.1, 0.15) is 27.6 Å². The number of carbonyl (C=O) groups is 1. The molecule has 4 aromatic carbocycles. The third-order valence-corrected chi connectivity index (χ3v) is 9.16. The van der Waals surface area contributed by atoms with Crippen LogP contribution in [0.15, 0.2) is 151 Å². The number of hydrogen-bond donors (Lipinski definition) is 1. The summed E-state index contributed by atoms with van der Waals surface area (Å²) in [5.74, 6) is -0.508. The number of carbonyl (C=O) groups excluding carboxylic acids is 1. The molecule has 8 bridgehead atoms. The Hall–Kier alpha value is -6.63. The van der Waals surface area contributed by atoms with Crippen LogP contribution >= 0.6 is 0 Å². The smallest absolute Gasteiger partial charge is 0.657 e. The first-order valence-electron chi connectivity index (χ1n) is 16.5. The van der Waals surface area contributed by atoms with E-state index in [-0.39, 0.29) is 33.6 Å². The van der Waals surface area contributed by atoms with Crippen LogP contribution in [0.25, 0.3) is 78.7 Å². The number of oxime groups is 1. The van der Waals surface area contributed by atoms with Gasteiger partial charge in [0.15, 0.2) is 5.71 Å². The van der Waals surface area contributed by atoms with Crippen LogP contribution in [-0.4, -0.2) is 26.7 Å². The van der Waals surface area contributed by atoms with Crippen LogP contribution in [0.2, 0.25) is 0 Å². The molecule has 0 unspecified atom stereocenters.